The highest BCUT2D eigenvalue weighted by molar-refractivity contribution is 5.79. The SMILES string of the molecule is CN(C)CC(C)(C)CNC(=O)C1CCN(c2ccccc2[N+](=O)[O-])CC1. The summed E-state index contributed by atoms with van der Waals surface area (Å²) in [6.07, 6.45) is 1.43. The van der Waals surface area contributed by atoms with Gasteiger partial charge in [-0.15, -0.1) is 0 Å². The molecular formula is C19H30N4O3. The summed E-state index contributed by atoms with van der Waals surface area (Å²) in [5.41, 5.74) is 0.786. The highest BCUT2D eigenvalue weighted by Crippen LogP contribution is 2.31. The van der Waals surface area contributed by atoms with Crippen LogP contribution >= 0.6 is 0 Å². The van der Waals surface area contributed by atoms with Gasteiger partial charge in [-0.3, -0.25) is 14.9 Å². The Kier molecular flexibility index (Phi) is 6.58. The number of amides is 1. The molecule has 1 aromatic rings. The van der Waals surface area contributed by atoms with Crippen LogP contribution in [0.5, 0.6) is 0 Å². The minimum absolute atomic E-state index is 0.0184. The van der Waals surface area contributed by atoms with Gasteiger partial charge in [0, 0.05) is 38.2 Å². The molecule has 0 aromatic heterocycles. The van der Waals surface area contributed by atoms with E-state index >= 15 is 0 Å². The minimum atomic E-state index is -0.346. The lowest BCUT2D eigenvalue weighted by Gasteiger charge is -2.34. The Morgan fingerprint density at radius 1 is 1.31 bits per heavy atom. The highest BCUT2D eigenvalue weighted by atomic mass is 16.6. The average molecular weight is 362 g/mol. The van der Waals surface area contributed by atoms with Crippen LogP contribution in [0.4, 0.5) is 11.4 Å². The van der Waals surface area contributed by atoms with Crippen LogP contribution in [0.2, 0.25) is 0 Å². The number of benzene rings is 1. The summed E-state index contributed by atoms with van der Waals surface area (Å²) < 4.78 is 0. The molecule has 0 spiro atoms. The molecule has 1 heterocycles. The third-order valence-corrected chi connectivity index (χ3v) is 4.77. The van der Waals surface area contributed by atoms with Crippen LogP contribution in [-0.2, 0) is 4.79 Å². The monoisotopic (exact) mass is 362 g/mol. The van der Waals surface area contributed by atoms with E-state index in [2.05, 4.69) is 24.1 Å². The Morgan fingerprint density at radius 2 is 1.92 bits per heavy atom. The van der Waals surface area contributed by atoms with Gasteiger partial charge in [-0.1, -0.05) is 26.0 Å². The largest absolute Gasteiger partial charge is 0.366 e. The first-order chi connectivity index (χ1) is 12.2. The van der Waals surface area contributed by atoms with Crippen molar-refractivity contribution in [2.45, 2.75) is 26.7 Å². The van der Waals surface area contributed by atoms with Gasteiger partial charge in [0.25, 0.3) is 5.69 Å². The summed E-state index contributed by atoms with van der Waals surface area (Å²) in [7, 11) is 4.06. The lowest BCUT2D eigenvalue weighted by atomic mass is 9.91. The van der Waals surface area contributed by atoms with Crippen molar-refractivity contribution in [2.24, 2.45) is 11.3 Å². The topological polar surface area (TPSA) is 78.7 Å². The van der Waals surface area contributed by atoms with E-state index in [4.69, 9.17) is 0 Å². The zero-order valence-corrected chi connectivity index (χ0v) is 16.2. The van der Waals surface area contributed by atoms with E-state index in [1.165, 1.54) is 6.07 Å². The molecule has 1 aromatic carbocycles. The van der Waals surface area contributed by atoms with E-state index in [-0.39, 0.29) is 27.9 Å². The molecule has 26 heavy (non-hydrogen) atoms. The lowest BCUT2D eigenvalue weighted by molar-refractivity contribution is -0.384. The minimum Gasteiger partial charge on any atom is -0.366 e. The van der Waals surface area contributed by atoms with E-state index in [1.807, 2.05) is 25.1 Å². The van der Waals surface area contributed by atoms with Crippen LogP contribution in [0.25, 0.3) is 0 Å². The van der Waals surface area contributed by atoms with Gasteiger partial charge in [-0.25, -0.2) is 0 Å². The van der Waals surface area contributed by atoms with Crippen LogP contribution in [0, 0.1) is 21.4 Å². The van der Waals surface area contributed by atoms with Crippen LogP contribution in [0.1, 0.15) is 26.7 Å². The van der Waals surface area contributed by atoms with Crippen molar-refractivity contribution in [1.82, 2.24) is 10.2 Å². The van der Waals surface area contributed by atoms with E-state index in [0.717, 1.165) is 6.54 Å². The summed E-state index contributed by atoms with van der Waals surface area (Å²) in [6, 6.07) is 6.80. The molecule has 1 saturated heterocycles. The molecule has 0 atom stereocenters. The Bertz CT molecular complexity index is 637. The molecule has 1 N–H and O–H groups in total. The second-order valence-electron chi connectivity index (χ2n) is 8.13. The van der Waals surface area contributed by atoms with Crippen LogP contribution in [-0.4, -0.2) is 56.0 Å². The highest BCUT2D eigenvalue weighted by Gasteiger charge is 2.29. The van der Waals surface area contributed by atoms with Crippen molar-refractivity contribution in [3.8, 4) is 0 Å². The first-order valence-electron chi connectivity index (χ1n) is 9.10. The van der Waals surface area contributed by atoms with Gasteiger partial charge < -0.3 is 15.1 Å². The number of hydrogen-bond donors (Lipinski definition) is 1. The second-order valence-corrected chi connectivity index (χ2v) is 8.13. The molecule has 0 radical (unpaired) electrons. The maximum atomic E-state index is 12.5. The normalized spacial score (nSPS) is 16.0. The molecule has 144 valence electrons. The van der Waals surface area contributed by atoms with Crippen LogP contribution in [0.15, 0.2) is 24.3 Å². The molecule has 0 aliphatic carbocycles. The number of nitro benzene ring substituents is 1. The van der Waals surface area contributed by atoms with Crippen molar-refractivity contribution in [3.05, 3.63) is 34.4 Å². The number of rotatable bonds is 7. The molecule has 0 saturated carbocycles. The number of nitrogens with zero attached hydrogens (tertiary/aromatic N) is 3. The van der Waals surface area contributed by atoms with Crippen molar-refractivity contribution in [1.29, 1.82) is 0 Å². The van der Waals surface area contributed by atoms with Crippen molar-refractivity contribution < 1.29 is 9.72 Å². The van der Waals surface area contributed by atoms with Crippen molar-refractivity contribution in [2.75, 3.05) is 45.2 Å². The Labute approximate surface area is 155 Å². The molecular weight excluding hydrogens is 332 g/mol. The van der Waals surface area contributed by atoms with E-state index in [1.54, 1.807) is 12.1 Å². The molecule has 7 nitrogen and oxygen atoms in total. The Balaban J connectivity index is 1.88. The van der Waals surface area contributed by atoms with Gasteiger partial charge in [-0.05, 0) is 38.4 Å². The maximum absolute atomic E-state index is 12.5. The Hall–Kier alpha value is -2.15. The third-order valence-electron chi connectivity index (χ3n) is 4.77. The van der Waals surface area contributed by atoms with E-state index in [9.17, 15) is 14.9 Å². The van der Waals surface area contributed by atoms with Gasteiger partial charge >= 0.3 is 0 Å². The zero-order chi connectivity index (χ0) is 19.3. The van der Waals surface area contributed by atoms with Gasteiger partial charge in [0.1, 0.15) is 5.69 Å². The standard InChI is InChI=1S/C19H30N4O3/c1-19(2,14-21(3)4)13-20-18(24)15-9-11-22(12-10-15)16-7-5-6-8-17(16)23(25)26/h5-8,15H,9-14H2,1-4H3,(H,20,24). The second kappa shape index (κ2) is 8.49. The van der Waals surface area contributed by atoms with Gasteiger partial charge in [0.15, 0.2) is 0 Å². The van der Waals surface area contributed by atoms with Gasteiger partial charge in [0.05, 0.1) is 4.92 Å². The summed E-state index contributed by atoms with van der Waals surface area (Å²) in [5.74, 6) is 0.0724. The molecule has 0 unspecified atom stereocenters. The molecule has 1 amide bonds. The third kappa shape index (κ3) is 5.42. The van der Waals surface area contributed by atoms with Gasteiger partial charge in [0.2, 0.25) is 5.91 Å². The number of nitrogens with one attached hydrogen (secondary N) is 1. The summed E-state index contributed by atoms with van der Waals surface area (Å²) in [5, 5.41) is 14.3. The van der Waals surface area contributed by atoms with Gasteiger partial charge in [-0.2, -0.15) is 0 Å². The Morgan fingerprint density at radius 3 is 2.50 bits per heavy atom. The predicted molar refractivity (Wildman–Crippen MR) is 103 cm³/mol. The molecule has 7 heteroatoms. The fraction of sp³-hybridized carbons (Fsp3) is 0.632. The zero-order valence-electron chi connectivity index (χ0n) is 16.2. The summed E-state index contributed by atoms with van der Waals surface area (Å²) in [6.45, 7) is 7.15. The summed E-state index contributed by atoms with van der Waals surface area (Å²) in [4.78, 5) is 27.5. The van der Waals surface area contributed by atoms with Crippen LogP contribution < -0.4 is 10.2 Å². The number of carbonyl (C=O) groups is 1. The molecule has 1 aliphatic heterocycles. The number of para-hydroxylation sites is 2. The number of anilines is 1. The number of hydrogen-bond acceptors (Lipinski definition) is 5. The van der Waals surface area contributed by atoms with Crippen LogP contribution in [0.3, 0.4) is 0 Å². The fourth-order valence-corrected chi connectivity index (χ4v) is 3.65. The van der Waals surface area contributed by atoms with Crippen molar-refractivity contribution >= 4 is 17.3 Å². The first-order valence-corrected chi connectivity index (χ1v) is 9.10. The molecule has 2 rings (SSSR count). The molecule has 1 fully saturated rings. The van der Waals surface area contributed by atoms with Crippen molar-refractivity contribution in [3.63, 3.8) is 0 Å². The number of piperidine rings is 1. The number of nitro groups is 1. The quantitative estimate of drug-likeness (QED) is 0.596. The molecule has 0 bridgehead atoms. The molecule has 1 aliphatic rings. The number of carbonyl (C=O) groups excluding carboxylic acids is 1. The van der Waals surface area contributed by atoms with E-state index < -0.39 is 0 Å². The fourth-order valence-electron chi connectivity index (χ4n) is 3.65. The predicted octanol–water partition coefficient (Wildman–Crippen LogP) is 2.52. The van der Waals surface area contributed by atoms with E-state index in [0.29, 0.717) is 38.2 Å². The summed E-state index contributed by atoms with van der Waals surface area (Å²) >= 11 is 0. The average Bonchev–Trinajstić information content (AvgIpc) is 2.59. The smallest absolute Gasteiger partial charge is 0.292 e. The first kappa shape index (κ1) is 20.2. The lowest BCUT2D eigenvalue weighted by Crippen LogP contribution is -2.45. The maximum Gasteiger partial charge on any atom is 0.292 e.